The van der Waals surface area contributed by atoms with E-state index in [1.807, 2.05) is 0 Å². The van der Waals surface area contributed by atoms with Crippen LogP contribution in [0.5, 0.6) is 0 Å². The van der Waals surface area contributed by atoms with Crippen LogP contribution in [0.15, 0.2) is 17.0 Å². The first-order valence-corrected chi connectivity index (χ1v) is 8.24. The van der Waals surface area contributed by atoms with E-state index in [1.165, 1.54) is 6.07 Å². The minimum absolute atomic E-state index is 0.0963. The monoisotopic (exact) mass is 320 g/mol. The molecule has 7 heteroatoms. The number of anilines is 1. The number of halogens is 2. The summed E-state index contributed by atoms with van der Waals surface area (Å²) in [4.78, 5) is -0.493. The second-order valence-electron chi connectivity index (χ2n) is 6.04. The van der Waals surface area contributed by atoms with Crippen LogP contribution >= 0.6 is 11.6 Å². The maximum atomic E-state index is 13.9. The van der Waals surface area contributed by atoms with Gasteiger partial charge in [-0.05, 0) is 36.8 Å². The Morgan fingerprint density at radius 3 is 2.65 bits per heavy atom. The van der Waals surface area contributed by atoms with Crippen LogP contribution in [-0.4, -0.2) is 14.5 Å². The van der Waals surface area contributed by atoms with Gasteiger partial charge in [0.2, 0.25) is 10.0 Å². The van der Waals surface area contributed by atoms with Crippen LogP contribution < -0.4 is 10.5 Å². The Morgan fingerprint density at radius 1 is 1.45 bits per heavy atom. The molecule has 1 aromatic carbocycles. The van der Waals surface area contributed by atoms with Gasteiger partial charge in [-0.2, -0.15) is 0 Å². The molecule has 2 rings (SSSR count). The van der Waals surface area contributed by atoms with E-state index in [4.69, 9.17) is 17.3 Å². The van der Waals surface area contributed by atoms with Crippen LogP contribution in [0.3, 0.4) is 0 Å². The number of hydrogen-bond acceptors (Lipinski definition) is 3. The van der Waals surface area contributed by atoms with Crippen molar-refractivity contribution in [2.24, 2.45) is 5.41 Å². The normalized spacial score (nSPS) is 22.1. The molecular formula is C13H18ClFN2O2S. The standard InChI is InChI=1S/C13H18ClFN2O2S/c1-13(2)4-3-9(7-13)17-20(18,19)11-6-8(16)5-10(14)12(11)15/h5-6,9,17H,3-4,7,16H2,1-2H3. The first kappa shape index (κ1) is 15.5. The highest BCUT2D eigenvalue weighted by Gasteiger charge is 2.34. The van der Waals surface area contributed by atoms with E-state index in [1.54, 1.807) is 0 Å². The van der Waals surface area contributed by atoms with Crippen molar-refractivity contribution in [1.29, 1.82) is 0 Å². The molecule has 0 heterocycles. The van der Waals surface area contributed by atoms with Crippen LogP contribution in [0, 0.1) is 11.2 Å². The van der Waals surface area contributed by atoms with Gasteiger partial charge in [-0.1, -0.05) is 25.4 Å². The Kier molecular flexibility index (Phi) is 4.01. The van der Waals surface area contributed by atoms with Crippen LogP contribution in [0.1, 0.15) is 33.1 Å². The summed E-state index contributed by atoms with van der Waals surface area (Å²) in [7, 11) is -3.96. The van der Waals surface area contributed by atoms with Crippen molar-refractivity contribution in [2.75, 3.05) is 5.73 Å². The molecule has 112 valence electrons. The topological polar surface area (TPSA) is 72.2 Å². The van der Waals surface area contributed by atoms with Crippen molar-refractivity contribution in [3.63, 3.8) is 0 Å². The average Bonchev–Trinajstić information content (AvgIpc) is 2.62. The predicted octanol–water partition coefficient (Wildman–Crippen LogP) is 2.92. The number of sulfonamides is 1. The molecule has 1 saturated carbocycles. The SMILES string of the molecule is CC1(C)CCC(NS(=O)(=O)c2cc(N)cc(Cl)c2F)C1. The minimum Gasteiger partial charge on any atom is -0.399 e. The molecule has 1 aliphatic rings. The Morgan fingerprint density at radius 2 is 2.10 bits per heavy atom. The molecule has 1 unspecified atom stereocenters. The largest absolute Gasteiger partial charge is 0.399 e. The van der Waals surface area contributed by atoms with Gasteiger partial charge in [-0.3, -0.25) is 0 Å². The van der Waals surface area contributed by atoms with E-state index >= 15 is 0 Å². The molecule has 0 amide bonds. The van der Waals surface area contributed by atoms with Gasteiger partial charge in [0.05, 0.1) is 5.02 Å². The van der Waals surface area contributed by atoms with Gasteiger partial charge < -0.3 is 5.73 Å². The van der Waals surface area contributed by atoms with Gasteiger partial charge in [-0.15, -0.1) is 0 Å². The molecule has 20 heavy (non-hydrogen) atoms. The lowest BCUT2D eigenvalue weighted by Gasteiger charge is -2.18. The Hall–Kier alpha value is -0.850. The van der Waals surface area contributed by atoms with Crippen molar-refractivity contribution in [1.82, 2.24) is 4.72 Å². The highest BCUT2D eigenvalue weighted by atomic mass is 35.5. The van der Waals surface area contributed by atoms with E-state index < -0.39 is 20.7 Å². The molecule has 1 aliphatic carbocycles. The summed E-state index contributed by atoms with van der Waals surface area (Å²) in [6.45, 7) is 4.17. The third-order valence-electron chi connectivity index (χ3n) is 3.60. The lowest BCUT2D eigenvalue weighted by atomic mass is 9.92. The molecule has 0 bridgehead atoms. The molecular weight excluding hydrogens is 303 g/mol. The third-order valence-corrected chi connectivity index (χ3v) is 5.39. The van der Waals surface area contributed by atoms with Gasteiger partial charge in [0.1, 0.15) is 4.90 Å². The van der Waals surface area contributed by atoms with Crippen LogP contribution in [0.4, 0.5) is 10.1 Å². The van der Waals surface area contributed by atoms with Crippen molar-refractivity contribution >= 4 is 27.3 Å². The smallest absolute Gasteiger partial charge is 0.243 e. The predicted molar refractivity (Wildman–Crippen MR) is 77.6 cm³/mol. The fraction of sp³-hybridized carbons (Fsp3) is 0.538. The molecule has 4 nitrogen and oxygen atoms in total. The fourth-order valence-electron chi connectivity index (χ4n) is 2.60. The Balaban J connectivity index is 2.28. The summed E-state index contributed by atoms with van der Waals surface area (Å²) in [5.74, 6) is -0.967. The summed E-state index contributed by atoms with van der Waals surface area (Å²) in [6.07, 6.45) is 2.40. The zero-order valence-corrected chi connectivity index (χ0v) is 13.0. The first-order valence-electron chi connectivity index (χ1n) is 6.38. The first-order chi connectivity index (χ1) is 9.11. The Bertz CT molecular complexity index is 632. The summed E-state index contributed by atoms with van der Waals surface area (Å²) in [5.41, 5.74) is 5.74. The maximum absolute atomic E-state index is 13.9. The van der Waals surface area contributed by atoms with Crippen LogP contribution in [0.25, 0.3) is 0 Å². The number of benzene rings is 1. The van der Waals surface area contributed by atoms with Gasteiger partial charge in [0.15, 0.2) is 5.82 Å². The van der Waals surface area contributed by atoms with Crippen molar-refractivity contribution in [3.05, 3.63) is 23.0 Å². The van der Waals surface area contributed by atoms with Gasteiger partial charge >= 0.3 is 0 Å². The highest BCUT2D eigenvalue weighted by molar-refractivity contribution is 7.89. The summed E-state index contributed by atoms with van der Waals surface area (Å²) in [5, 5.41) is -0.294. The summed E-state index contributed by atoms with van der Waals surface area (Å²) in [6, 6.07) is 2.09. The molecule has 0 radical (unpaired) electrons. The Labute approximate surface area is 123 Å². The van der Waals surface area contributed by atoms with Crippen LogP contribution in [-0.2, 0) is 10.0 Å². The second-order valence-corrected chi connectivity index (χ2v) is 8.13. The number of rotatable bonds is 3. The zero-order valence-electron chi connectivity index (χ0n) is 11.4. The van der Waals surface area contributed by atoms with Gasteiger partial charge in [0, 0.05) is 11.7 Å². The molecule has 1 atom stereocenters. The van der Waals surface area contributed by atoms with Crippen LogP contribution in [0.2, 0.25) is 5.02 Å². The molecule has 1 fully saturated rings. The number of hydrogen-bond donors (Lipinski definition) is 2. The van der Waals surface area contributed by atoms with E-state index in [0.29, 0.717) is 0 Å². The van der Waals surface area contributed by atoms with Crippen molar-refractivity contribution in [2.45, 2.75) is 44.0 Å². The molecule has 3 N–H and O–H groups in total. The zero-order chi connectivity index (χ0) is 15.1. The quantitative estimate of drug-likeness (QED) is 0.841. The molecule has 0 saturated heterocycles. The highest BCUT2D eigenvalue weighted by Crippen LogP contribution is 2.37. The number of nitrogens with two attached hydrogens (primary N) is 1. The lowest BCUT2D eigenvalue weighted by Crippen LogP contribution is -2.34. The van der Waals surface area contributed by atoms with Crippen molar-refractivity contribution in [3.8, 4) is 0 Å². The molecule has 0 aliphatic heterocycles. The van der Waals surface area contributed by atoms with Crippen molar-refractivity contribution < 1.29 is 12.8 Å². The molecule has 0 spiro atoms. The maximum Gasteiger partial charge on any atom is 0.243 e. The second kappa shape index (κ2) is 5.16. The average molecular weight is 321 g/mol. The van der Waals surface area contributed by atoms with E-state index in [-0.39, 0.29) is 22.2 Å². The third kappa shape index (κ3) is 3.24. The lowest BCUT2D eigenvalue weighted by molar-refractivity contribution is 0.372. The van der Waals surface area contributed by atoms with E-state index in [0.717, 1.165) is 25.3 Å². The summed E-state index contributed by atoms with van der Waals surface area (Å²) < 4.78 is 41.0. The van der Waals surface area contributed by atoms with Gasteiger partial charge in [0.25, 0.3) is 0 Å². The minimum atomic E-state index is -3.96. The number of nitrogen functional groups attached to an aromatic ring is 1. The summed E-state index contributed by atoms with van der Waals surface area (Å²) >= 11 is 5.64. The number of nitrogens with one attached hydrogen (secondary N) is 1. The van der Waals surface area contributed by atoms with E-state index in [9.17, 15) is 12.8 Å². The van der Waals surface area contributed by atoms with Gasteiger partial charge in [-0.25, -0.2) is 17.5 Å². The van der Waals surface area contributed by atoms with E-state index in [2.05, 4.69) is 18.6 Å². The molecule has 0 aromatic heterocycles. The molecule has 1 aromatic rings. The fourth-order valence-corrected chi connectivity index (χ4v) is 4.29.